The lowest BCUT2D eigenvalue weighted by Gasteiger charge is -2.21. The summed E-state index contributed by atoms with van der Waals surface area (Å²) < 4.78 is 6.38. The van der Waals surface area contributed by atoms with Crippen LogP contribution >= 0.6 is 11.6 Å². The Hall–Kier alpha value is -1.89. The summed E-state index contributed by atoms with van der Waals surface area (Å²) in [5.41, 5.74) is 0.701. The molecule has 2 rings (SSSR count). The van der Waals surface area contributed by atoms with Crippen LogP contribution in [0.15, 0.2) is 6.33 Å². The minimum Gasteiger partial charge on any atom is -0.467 e. The van der Waals surface area contributed by atoms with Crippen LogP contribution in [0.25, 0.3) is 5.78 Å². The van der Waals surface area contributed by atoms with Gasteiger partial charge >= 0.3 is 5.97 Å². The lowest BCUT2D eigenvalue weighted by molar-refractivity contribution is -0.141. The largest absolute Gasteiger partial charge is 0.467 e. The van der Waals surface area contributed by atoms with Crippen molar-refractivity contribution in [3.63, 3.8) is 0 Å². The van der Waals surface area contributed by atoms with E-state index in [1.165, 1.54) is 18.0 Å². The molecule has 2 heterocycles. The van der Waals surface area contributed by atoms with Crippen LogP contribution in [-0.4, -0.2) is 38.7 Å². The number of aromatic nitrogens is 4. The molecule has 0 aliphatic heterocycles. The molecule has 0 spiro atoms. The summed E-state index contributed by atoms with van der Waals surface area (Å²) in [4.78, 5) is 20.1. The summed E-state index contributed by atoms with van der Waals surface area (Å²) >= 11 is 6.10. The van der Waals surface area contributed by atoms with E-state index in [9.17, 15) is 4.79 Å². The van der Waals surface area contributed by atoms with E-state index < -0.39 is 6.04 Å². The molecule has 0 radical (unpaired) electrons. The molecule has 0 aliphatic carbocycles. The van der Waals surface area contributed by atoms with E-state index in [2.05, 4.69) is 20.4 Å². The quantitative estimate of drug-likeness (QED) is 0.672. The maximum atomic E-state index is 11.9. The molecule has 1 N–H and O–H groups in total. The summed E-state index contributed by atoms with van der Waals surface area (Å²) in [5, 5.41) is 7.59. The molecule has 0 aromatic carbocycles. The van der Waals surface area contributed by atoms with Gasteiger partial charge in [-0.3, -0.25) is 0 Å². The third-order valence-corrected chi connectivity index (χ3v) is 3.48. The zero-order valence-electron chi connectivity index (χ0n) is 12.4. The number of hydrogen-bond donors (Lipinski definition) is 1. The number of nitrogens with one attached hydrogen (secondary N) is 1. The molecule has 0 saturated carbocycles. The van der Waals surface area contributed by atoms with Crippen molar-refractivity contribution in [2.24, 2.45) is 5.92 Å². The fourth-order valence-corrected chi connectivity index (χ4v) is 2.22. The molecule has 114 valence electrons. The lowest BCUT2D eigenvalue weighted by Crippen LogP contribution is -2.33. The van der Waals surface area contributed by atoms with Crippen LogP contribution in [0.2, 0.25) is 5.15 Å². The molecule has 8 heteroatoms. The zero-order chi connectivity index (χ0) is 15.6. The molecule has 0 saturated heterocycles. The topological polar surface area (TPSA) is 81.4 Å². The van der Waals surface area contributed by atoms with Gasteiger partial charge in [-0.1, -0.05) is 25.4 Å². The van der Waals surface area contributed by atoms with Crippen molar-refractivity contribution in [2.45, 2.75) is 33.2 Å². The molecular formula is C13H18ClN5O2. The van der Waals surface area contributed by atoms with Crippen molar-refractivity contribution >= 4 is 29.2 Å². The molecule has 21 heavy (non-hydrogen) atoms. The number of carbonyl (C=O) groups excluding carboxylic acids is 1. The molecule has 0 fully saturated rings. The number of ether oxygens (including phenoxy) is 1. The van der Waals surface area contributed by atoms with Crippen molar-refractivity contribution in [1.29, 1.82) is 0 Å². The van der Waals surface area contributed by atoms with Crippen LogP contribution in [0.3, 0.4) is 0 Å². The maximum Gasteiger partial charge on any atom is 0.328 e. The minimum absolute atomic E-state index is 0.324. The first-order chi connectivity index (χ1) is 9.93. The highest BCUT2D eigenvalue weighted by molar-refractivity contribution is 6.30. The van der Waals surface area contributed by atoms with Gasteiger partial charge in [-0.05, 0) is 19.3 Å². The number of halogens is 1. The lowest BCUT2D eigenvalue weighted by atomic mass is 10.0. The molecule has 1 unspecified atom stereocenters. The number of fused-ring (bicyclic) bond motifs is 1. The Morgan fingerprint density at radius 2 is 2.24 bits per heavy atom. The maximum absolute atomic E-state index is 11.9. The first-order valence-electron chi connectivity index (χ1n) is 6.64. The first kappa shape index (κ1) is 15.5. The zero-order valence-corrected chi connectivity index (χ0v) is 13.2. The highest BCUT2D eigenvalue weighted by atomic mass is 35.5. The average Bonchev–Trinajstić information content (AvgIpc) is 2.89. The van der Waals surface area contributed by atoms with E-state index in [1.54, 1.807) is 0 Å². The standard InChI is InChI=1S/C13H18ClN5O2/c1-7(2)5-9(12(20)21-4)17-11-8(3)10(14)18-13-15-6-16-19(11)13/h6-7,9,17H,5H2,1-4H3. The van der Waals surface area contributed by atoms with Crippen LogP contribution in [0, 0.1) is 12.8 Å². The average molecular weight is 312 g/mol. The highest BCUT2D eigenvalue weighted by Crippen LogP contribution is 2.24. The number of esters is 1. The molecule has 0 amide bonds. The van der Waals surface area contributed by atoms with Gasteiger partial charge in [0.1, 0.15) is 23.3 Å². The van der Waals surface area contributed by atoms with Gasteiger partial charge < -0.3 is 10.1 Å². The Bertz CT molecular complexity index is 655. The van der Waals surface area contributed by atoms with Crippen molar-refractivity contribution < 1.29 is 9.53 Å². The number of anilines is 1. The summed E-state index contributed by atoms with van der Waals surface area (Å²) in [5.74, 6) is 0.967. The van der Waals surface area contributed by atoms with Gasteiger partial charge in [0.05, 0.1) is 7.11 Å². The number of carbonyl (C=O) groups is 1. The second-order valence-corrected chi connectivity index (χ2v) is 5.56. The van der Waals surface area contributed by atoms with Crippen LogP contribution in [-0.2, 0) is 9.53 Å². The molecule has 1 atom stereocenters. The van der Waals surface area contributed by atoms with Crippen LogP contribution in [0.1, 0.15) is 25.8 Å². The molecule has 0 aliphatic rings. The van der Waals surface area contributed by atoms with Gasteiger partial charge in [0.2, 0.25) is 0 Å². The molecule has 2 aromatic heterocycles. The Kier molecular flexibility index (Phi) is 4.62. The van der Waals surface area contributed by atoms with Crippen molar-refractivity contribution in [2.75, 3.05) is 12.4 Å². The van der Waals surface area contributed by atoms with E-state index in [4.69, 9.17) is 16.3 Å². The predicted octanol–water partition coefficient (Wildman–Crippen LogP) is 2.09. The normalized spacial score (nSPS) is 12.7. The second kappa shape index (κ2) is 6.26. The number of nitrogens with zero attached hydrogens (tertiary/aromatic N) is 4. The van der Waals surface area contributed by atoms with Crippen molar-refractivity contribution in [1.82, 2.24) is 19.6 Å². The molecular weight excluding hydrogens is 294 g/mol. The third kappa shape index (κ3) is 3.24. The van der Waals surface area contributed by atoms with Crippen LogP contribution in [0.4, 0.5) is 5.82 Å². The Morgan fingerprint density at radius 1 is 1.52 bits per heavy atom. The monoisotopic (exact) mass is 311 g/mol. The van der Waals surface area contributed by atoms with Gasteiger partial charge in [-0.15, -0.1) is 0 Å². The second-order valence-electron chi connectivity index (χ2n) is 5.20. The fraction of sp³-hybridized carbons (Fsp3) is 0.538. The van der Waals surface area contributed by atoms with Gasteiger partial charge in [0.15, 0.2) is 0 Å². The van der Waals surface area contributed by atoms with E-state index in [0.29, 0.717) is 34.7 Å². The van der Waals surface area contributed by atoms with Crippen LogP contribution in [0.5, 0.6) is 0 Å². The van der Waals surface area contributed by atoms with Gasteiger partial charge in [-0.2, -0.15) is 19.6 Å². The summed E-state index contributed by atoms with van der Waals surface area (Å²) in [6.45, 7) is 5.88. The summed E-state index contributed by atoms with van der Waals surface area (Å²) in [6, 6.07) is -0.487. The van der Waals surface area contributed by atoms with E-state index >= 15 is 0 Å². The molecule has 2 aromatic rings. The van der Waals surface area contributed by atoms with Gasteiger partial charge in [0.25, 0.3) is 5.78 Å². The van der Waals surface area contributed by atoms with Crippen molar-refractivity contribution in [3.05, 3.63) is 17.0 Å². The van der Waals surface area contributed by atoms with Gasteiger partial charge in [-0.25, -0.2) is 4.79 Å². The Labute approximate surface area is 127 Å². The number of hydrogen-bond acceptors (Lipinski definition) is 6. The number of rotatable bonds is 5. The highest BCUT2D eigenvalue weighted by Gasteiger charge is 2.23. The van der Waals surface area contributed by atoms with Gasteiger partial charge in [0, 0.05) is 5.56 Å². The fourth-order valence-electron chi connectivity index (χ4n) is 2.06. The van der Waals surface area contributed by atoms with E-state index in [0.717, 1.165) is 0 Å². The van der Waals surface area contributed by atoms with E-state index in [-0.39, 0.29) is 5.97 Å². The van der Waals surface area contributed by atoms with Crippen molar-refractivity contribution in [3.8, 4) is 0 Å². The predicted molar refractivity (Wildman–Crippen MR) is 79.4 cm³/mol. The first-order valence-corrected chi connectivity index (χ1v) is 7.02. The summed E-state index contributed by atoms with van der Waals surface area (Å²) in [7, 11) is 1.37. The van der Waals surface area contributed by atoms with E-state index in [1.807, 2.05) is 20.8 Å². The van der Waals surface area contributed by atoms with Crippen LogP contribution < -0.4 is 5.32 Å². The smallest absolute Gasteiger partial charge is 0.328 e. The molecule has 7 nitrogen and oxygen atoms in total. The Balaban J connectivity index is 2.42. The number of methoxy groups -OCH3 is 1. The third-order valence-electron chi connectivity index (χ3n) is 3.11. The molecule has 0 bridgehead atoms. The SMILES string of the molecule is COC(=O)C(CC(C)C)Nc1c(C)c(Cl)nc2ncnn12. The Morgan fingerprint density at radius 3 is 2.86 bits per heavy atom. The minimum atomic E-state index is -0.487. The summed E-state index contributed by atoms with van der Waals surface area (Å²) in [6.07, 6.45) is 2.02.